The summed E-state index contributed by atoms with van der Waals surface area (Å²) in [6.07, 6.45) is 0. The van der Waals surface area contributed by atoms with Gasteiger partial charge in [-0.25, -0.2) is 4.39 Å². The average molecular weight is 462 g/mol. The Bertz CT molecular complexity index is 1290. The molecule has 0 atom stereocenters. The third kappa shape index (κ3) is 5.09. The van der Waals surface area contributed by atoms with E-state index in [1.54, 1.807) is 54.1 Å². The fraction of sp³-hybridized carbons (Fsp3) is 0.0833. The van der Waals surface area contributed by atoms with E-state index in [1.165, 1.54) is 17.8 Å². The predicted molar refractivity (Wildman–Crippen MR) is 126 cm³/mol. The maximum atomic E-state index is 14.5. The Kier molecular flexibility index (Phi) is 6.80. The third-order valence-corrected chi connectivity index (χ3v) is 5.66. The van der Waals surface area contributed by atoms with Crippen LogP contribution in [0.3, 0.4) is 0 Å². The Morgan fingerprint density at radius 1 is 0.970 bits per heavy atom. The van der Waals surface area contributed by atoms with Gasteiger partial charge in [-0.3, -0.25) is 14.2 Å². The summed E-state index contributed by atoms with van der Waals surface area (Å²) >= 11 is 1.18. The van der Waals surface area contributed by atoms with E-state index in [1.807, 2.05) is 30.3 Å². The average Bonchev–Trinajstić information content (AvgIpc) is 3.27. The van der Waals surface area contributed by atoms with Gasteiger partial charge < -0.3 is 10.6 Å². The van der Waals surface area contributed by atoms with Gasteiger partial charge in [0.15, 0.2) is 11.0 Å². The summed E-state index contributed by atoms with van der Waals surface area (Å²) in [5.41, 5.74) is 2.03. The minimum atomic E-state index is -0.410. The zero-order valence-corrected chi connectivity index (χ0v) is 18.5. The fourth-order valence-corrected chi connectivity index (χ4v) is 3.95. The highest BCUT2D eigenvalue weighted by atomic mass is 32.2. The first-order chi connectivity index (χ1) is 16.1. The largest absolute Gasteiger partial charge is 0.355 e. The summed E-state index contributed by atoms with van der Waals surface area (Å²) in [5.74, 6) is -0.527. The lowest BCUT2D eigenvalue weighted by molar-refractivity contribution is -0.113. The van der Waals surface area contributed by atoms with Crippen molar-refractivity contribution in [3.63, 3.8) is 0 Å². The van der Waals surface area contributed by atoms with Crippen molar-refractivity contribution >= 4 is 29.3 Å². The Morgan fingerprint density at radius 3 is 2.48 bits per heavy atom. The van der Waals surface area contributed by atoms with Gasteiger partial charge in [-0.15, -0.1) is 10.2 Å². The molecule has 0 bridgehead atoms. The van der Waals surface area contributed by atoms with Crippen molar-refractivity contribution in [2.24, 2.45) is 0 Å². The molecule has 4 rings (SSSR count). The van der Waals surface area contributed by atoms with E-state index >= 15 is 0 Å². The number of amides is 2. The van der Waals surface area contributed by atoms with E-state index < -0.39 is 5.82 Å². The minimum absolute atomic E-state index is 0.0481. The molecule has 2 N–H and O–H groups in total. The Morgan fingerprint density at radius 2 is 1.73 bits per heavy atom. The number of carbonyl (C=O) groups excluding carboxylic acids is 2. The summed E-state index contributed by atoms with van der Waals surface area (Å²) < 4.78 is 16.2. The maximum absolute atomic E-state index is 14.5. The van der Waals surface area contributed by atoms with Crippen LogP contribution < -0.4 is 10.6 Å². The molecule has 0 aliphatic rings. The molecule has 0 aliphatic heterocycles. The van der Waals surface area contributed by atoms with E-state index in [4.69, 9.17) is 0 Å². The number of nitrogens with one attached hydrogen (secondary N) is 2. The zero-order valence-electron chi connectivity index (χ0n) is 17.7. The van der Waals surface area contributed by atoms with Crippen LogP contribution in [0.1, 0.15) is 10.4 Å². The molecule has 9 heteroatoms. The molecule has 3 aromatic carbocycles. The second-order valence-corrected chi connectivity index (χ2v) is 7.90. The lowest BCUT2D eigenvalue weighted by atomic mass is 10.2. The highest BCUT2D eigenvalue weighted by molar-refractivity contribution is 7.99. The van der Waals surface area contributed by atoms with Crippen molar-refractivity contribution in [1.29, 1.82) is 0 Å². The number of hydrogen-bond acceptors (Lipinski definition) is 5. The van der Waals surface area contributed by atoms with E-state index in [0.29, 0.717) is 27.8 Å². The summed E-state index contributed by atoms with van der Waals surface area (Å²) in [5, 5.41) is 14.2. The van der Waals surface area contributed by atoms with E-state index in [0.717, 1.165) is 5.69 Å². The van der Waals surface area contributed by atoms with Crippen LogP contribution in [-0.4, -0.2) is 39.4 Å². The lowest BCUT2D eigenvalue weighted by Gasteiger charge is -2.11. The van der Waals surface area contributed by atoms with Crippen LogP contribution in [0.25, 0.3) is 17.1 Å². The van der Waals surface area contributed by atoms with Crippen LogP contribution >= 0.6 is 11.8 Å². The third-order valence-electron chi connectivity index (χ3n) is 4.73. The van der Waals surface area contributed by atoms with Gasteiger partial charge in [-0.2, -0.15) is 0 Å². The highest BCUT2D eigenvalue weighted by Gasteiger charge is 2.19. The number of hydrogen-bond donors (Lipinski definition) is 2. The molecule has 33 heavy (non-hydrogen) atoms. The van der Waals surface area contributed by atoms with Crippen LogP contribution in [-0.2, 0) is 4.79 Å². The minimum Gasteiger partial charge on any atom is -0.355 e. The van der Waals surface area contributed by atoms with Gasteiger partial charge in [0.25, 0.3) is 5.91 Å². The molecule has 4 aromatic rings. The standard InChI is InChI=1S/C24H20FN5O2S/c1-26-23(32)16-8-7-9-17(14-16)27-21(31)15-33-24-29-28-22(19-12-5-6-13-20(19)25)30(24)18-10-3-2-4-11-18/h2-14H,15H2,1H3,(H,26,32)(H,27,31). The van der Waals surface area contributed by atoms with Crippen molar-refractivity contribution in [3.8, 4) is 17.1 Å². The SMILES string of the molecule is CNC(=O)c1cccc(NC(=O)CSc2nnc(-c3ccccc3F)n2-c2ccccc2)c1. The normalized spacial score (nSPS) is 10.6. The number of halogens is 1. The molecule has 0 unspecified atom stereocenters. The van der Waals surface area contributed by atoms with Crippen LogP contribution in [0, 0.1) is 5.82 Å². The number of nitrogens with zero attached hydrogens (tertiary/aromatic N) is 3. The van der Waals surface area contributed by atoms with Gasteiger partial charge in [0.05, 0.1) is 11.3 Å². The van der Waals surface area contributed by atoms with E-state index in [-0.39, 0.29) is 17.6 Å². The van der Waals surface area contributed by atoms with Gasteiger partial charge in [-0.1, -0.05) is 48.2 Å². The molecule has 1 aromatic heterocycles. The summed E-state index contributed by atoms with van der Waals surface area (Å²) in [6.45, 7) is 0. The van der Waals surface area contributed by atoms with E-state index in [9.17, 15) is 14.0 Å². The molecule has 166 valence electrons. The highest BCUT2D eigenvalue weighted by Crippen LogP contribution is 2.29. The number of anilines is 1. The molecule has 7 nitrogen and oxygen atoms in total. The van der Waals surface area contributed by atoms with Gasteiger partial charge in [-0.05, 0) is 42.5 Å². The number of rotatable bonds is 7. The van der Waals surface area contributed by atoms with Gasteiger partial charge in [0, 0.05) is 24.0 Å². The van der Waals surface area contributed by atoms with Crippen LogP contribution in [0.4, 0.5) is 10.1 Å². The smallest absolute Gasteiger partial charge is 0.251 e. The Balaban J connectivity index is 1.56. The van der Waals surface area contributed by atoms with Crippen molar-refractivity contribution in [2.75, 3.05) is 18.1 Å². The number of para-hydroxylation sites is 1. The number of thioether (sulfide) groups is 1. The molecular formula is C24H20FN5O2S. The van der Waals surface area contributed by atoms with Crippen molar-refractivity contribution in [1.82, 2.24) is 20.1 Å². The predicted octanol–water partition coefficient (Wildman–Crippen LogP) is 4.16. The molecule has 0 saturated heterocycles. The second-order valence-electron chi connectivity index (χ2n) is 6.95. The van der Waals surface area contributed by atoms with Crippen LogP contribution in [0.2, 0.25) is 0 Å². The molecule has 0 spiro atoms. The second kappa shape index (κ2) is 10.1. The number of carbonyl (C=O) groups is 2. The lowest BCUT2D eigenvalue weighted by Crippen LogP contribution is -2.19. The van der Waals surface area contributed by atoms with Crippen LogP contribution in [0.5, 0.6) is 0 Å². The fourth-order valence-electron chi connectivity index (χ4n) is 3.20. The molecule has 0 radical (unpaired) electrons. The molecule has 0 saturated carbocycles. The summed E-state index contributed by atoms with van der Waals surface area (Å²) in [4.78, 5) is 24.4. The molecule has 1 heterocycles. The first-order valence-electron chi connectivity index (χ1n) is 10.1. The Hall–Kier alpha value is -3.98. The topological polar surface area (TPSA) is 88.9 Å². The van der Waals surface area contributed by atoms with Gasteiger partial charge in [0.2, 0.25) is 5.91 Å². The molecule has 2 amide bonds. The summed E-state index contributed by atoms with van der Waals surface area (Å²) in [7, 11) is 1.54. The Labute approximate surface area is 194 Å². The first-order valence-corrected chi connectivity index (χ1v) is 11.1. The maximum Gasteiger partial charge on any atom is 0.251 e. The zero-order chi connectivity index (χ0) is 23.2. The van der Waals surface area contributed by atoms with Gasteiger partial charge in [0.1, 0.15) is 5.82 Å². The van der Waals surface area contributed by atoms with E-state index in [2.05, 4.69) is 20.8 Å². The van der Waals surface area contributed by atoms with Crippen molar-refractivity contribution in [3.05, 3.63) is 90.2 Å². The van der Waals surface area contributed by atoms with Gasteiger partial charge >= 0.3 is 0 Å². The van der Waals surface area contributed by atoms with Crippen molar-refractivity contribution in [2.45, 2.75) is 5.16 Å². The monoisotopic (exact) mass is 461 g/mol. The number of aromatic nitrogens is 3. The molecule has 0 aliphatic carbocycles. The number of benzene rings is 3. The first kappa shape index (κ1) is 22.2. The molecule has 0 fully saturated rings. The summed E-state index contributed by atoms with van der Waals surface area (Å²) in [6, 6.07) is 22.3. The molecular weight excluding hydrogens is 441 g/mol. The van der Waals surface area contributed by atoms with Crippen LogP contribution in [0.15, 0.2) is 84.0 Å². The van der Waals surface area contributed by atoms with Crippen molar-refractivity contribution < 1.29 is 14.0 Å². The quantitative estimate of drug-likeness (QED) is 0.404.